The lowest BCUT2D eigenvalue weighted by molar-refractivity contribution is 0.0697. The van der Waals surface area contributed by atoms with Gasteiger partial charge < -0.3 is 10.4 Å². The Kier molecular flexibility index (Phi) is 4.25. The number of hydrogen-bond donors (Lipinski definition) is 3. The van der Waals surface area contributed by atoms with E-state index in [0.717, 1.165) is 12.1 Å². The normalized spacial score (nSPS) is 11.0. The third kappa shape index (κ3) is 3.48. The minimum Gasteiger partial charge on any atom is -0.478 e. The number of hydrogen-bond acceptors (Lipinski definition) is 4. The second-order valence-corrected chi connectivity index (χ2v) is 5.94. The molecule has 0 saturated carbocycles. The van der Waals surface area contributed by atoms with Gasteiger partial charge in [-0.05, 0) is 30.3 Å². The summed E-state index contributed by atoms with van der Waals surface area (Å²) in [6.45, 7) is 0. The van der Waals surface area contributed by atoms with Crippen molar-refractivity contribution in [2.75, 3.05) is 5.32 Å². The molecule has 0 atom stereocenters. The van der Waals surface area contributed by atoms with Crippen molar-refractivity contribution in [3.8, 4) is 0 Å². The molecule has 0 bridgehead atoms. The van der Waals surface area contributed by atoms with Crippen LogP contribution in [0.15, 0.2) is 53.4 Å². The summed E-state index contributed by atoms with van der Waals surface area (Å²) in [5, 5.41) is 16.5. The van der Waals surface area contributed by atoms with E-state index in [1.54, 1.807) is 30.3 Å². The number of benzene rings is 2. The van der Waals surface area contributed by atoms with Crippen molar-refractivity contribution in [2.45, 2.75) is 4.90 Å². The highest BCUT2D eigenvalue weighted by atomic mass is 32.2. The average Bonchev–Trinajstić information content (AvgIpc) is 2.47. The van der Waals surface area contributed by atoms with Gasteiger partial charge in [0.15, 0.2) is 0 Å². The first-order chi connectivity index (χ1) is 10.3. The Labute approximate surface area is 126 Å². The summed E-state index contributed by atoms with van der Waals surface area (Å²) in [6, 6.07) is 11.4. The van der Waals surface area contributed by atoms with E-state index in [4.69, 9.17) is 10.2 Å². The molecule has 22 heavy (non-hydrogen) atoms. The minimum atomic E-state index is -4.03. The lowest BCUT2D eigenvalue weighted by Gasteiger charge is -2.10. The fourth-order valence-corrected chi connectivity index (χ4v) is 2.31. The summed E-state index contributed by atoms with van der Waals surface area (Å²) in [5.74, 6) is -1.89. The molecule has 0 aliphatic rings. The molecule has 0 fully saturated rings. The number of primary sulfonamides is 1. The predicted octanol–water partition coefficient (Wildman–Crippen LogP) is 1.28. The van der Waals surface area contributed by atoms with E-state index in [-0.39, 0.29) is 16.1 Å². The number of nitrogens with two attached hydrogens (primary N) is 1. The number of carbonyl (C=O) groups is 2. The fourth-order valence-electron chi connectivity index (χ4n) is 1.77. The number of amides is 1. The van der Waals surface area contributed by atoms with Crippen LogP contribution in [-0.2, 0) is 10.0 Å². The monoisotopic (exact) mass is 320 g/mol. The molecule has 0 radical (unpaired) electrons. The lowest BCUT2D eigenvalue weighted by Crippen LogP contribution is -2.17. The maximum atomic E-state index is 12.0. The van der Waals surface area contributed by atoms with E-state index in [9.17, 15) is 18.0 Å². The quantitative estimate of drug-likeness (QED) is 0.782. The van der Waals surface area contributed by atoms with Gasteiger partial charge in [0.2, 0.25) is 10.0 Å². The van der Waals surface area contributed by atoms with Crippen LogP contribution in [0.4, 0.5) is 5.69 Å². The Morgan fingerprint density at radius 3 is 2.23 bits per heavy atom. The average molecular weight is 320 g/mol. The zero-order valence-corrected chi connectivity index (χ0v) is 12.0. The number of carbonyl (C=O) groups excluding carboxylic acids is 1. The van der Waals surface area contributed by atoms with Crippen molar-refractivity contribution in [2.24, 2.45) is 5.14 Å². The number of carboxylic acids is 1. The van der Waals surface area contributed by atoms with Crippen LogP contribution >= 0.6 is 0 Å². The Hall–Kier alpha value is -2.71. The van der Waals surface area contributed by atoms with E-state index < -0.39 is 21.9 Å². The van der Waals surface area contributed by atoms with Gasteiger partial charge in [-0.2, -0.15) is 0 Å². The van der Waals surface area contributed by atoms with Gasteiger partial charge in [-0.1, -0.05) is 18.2 Å². The number of carboxylic acid groups (broad SMARTS) is 1. The Morgan fingerprint density at radius 1 is 1.05 bits per heavy atom. The summed E-state index contributed by atoms with van der Waals surface area (Å²) in [4.78, 5) is 22.9. The standard InChI is InChI=1S/C14H12N2O5S/c15-22(20,21)10-6-7-12(11(8-10)14(18)19)16-13(17)9-4-2-1-3-5-9/h1-8H,(H,16,17)(H,18,19)(H2,15,20,21). The summed E-state index contributed by atoms with van der Waals surface area (Å²) in [5.41, 5.74) is -0.0427. The predicted molar refractivity (Wildman–Crippen MR) is 79.2 cm³/mol. The van der Waals surface area contributed by atoms with Gasteiger partial charge in [-0.15, -0.1) is 0 Å². The molecule has 7 nitrogen and oxygen atoms in total. The molecule has 0 heterocycles. The number of anilines is 1. The van der Waals surface area contributed by atoms with Gasteiger partial charge >= 0.3 is 5.97 Å². The third-order valence-corrected chi connectivity index (χ3v) is 3.75. The Morgan fingerprint density at radius 2 is 1.68 bits per heavy atom. The molecule has 0 spiro atoms. The van der Waals surface area contributed by atoms with Crippen LogP contribution in [-0.4, -0.2) is 25.4 Å². The van der Waals surface area contributed by atoms with Crippen LogP contribution in [0.1, 0.15) is 20.7 Å². The topological polar surface area (TPSA) is 127 Å². The molecule has 0 saturated heterocycles. The van der Waals surface area contributed by atoms with Gasteiger partial charge in [0.25, 0.3) is 5.91 Å². The van der Waals surface area contributed by atoms with Crippen molar-refractivity contribution in [1.29, 1.82) is 0 Å². The molecule has 1 amide bonds. The van der Waals surface area contributed by atoms with Gasteiger partial charge in [0.05, 0.1) is 16.1 Å². The van der Waals surface area contributed by atoms with Crippen molar-refractivity contribution < 1.29 is 23.1 Å². The maximum Gasteiger partial charge on any atom is 0.337 e. The second kappa shape index (κ2) is 5.96. The van der Waals surface area contributed by atoms with Crippen LogP contribution in [0.2, 0.25) is 0 Å². The highest BCUT2D eigenvalue weighted by Gasteiger charge is 2.17. The van der Waals surface area contributed by atoms with Gasteiger partial charge in [-0.3, -0.25) is 4.79 Å². The molecule has 0 aliphatic carbocycles. The molecule has 0 aromatic heterocycles. The van der Waals surface area contributed by atoms with Crippen molar-refractivity contribution in [1.82, 2.24) is 0 Å². The highest BCUT2D eigenvalue weighted by Crippen LogP contribution is 2.21. The van der Waals surface area contributed by atoms with Gasteiger partial charge in [0, 0.05) is 5.56 Å². The molecular formula is C14H12N2O5S. The second-order valence-electron chi connectivity index (χ2n) is 4.38. The lowest BCUT2D eigenvalue weighted by atomic mass is 10.1. The molecule has 8 heteroatoms. The first-order valence-electron chi connectivity index (χ1n) is 6.05. The van der Waals surface area contributed by atoms with E-state index in [1.165, 1.54) is 6.07 Å². The first kappa shape index (κ1) is 15.7. The van der Waals surface area contributed by atoms with Crippen molar-refractivity contribution >= 4 is 27.6 Å². The zero-order valence-electron chi connectivity index (χ0n) is 11.2. The number of rotatable bonds is 4. The van der Waals surface area contributed by atoms with E-state index in [2.05, 4.69) is 5.32 Å². The summed E-state index contributed by atoms with van der Waals surface area (Å²) >= 11 is 0. The molecule has 0 unspecified atom stereocenters. The van der Waals surface area contributed by atoms with E-state index >= 15 is 0 Å². The Balaban J connectivity index is 2.39. The minimum absolute atomic E-state index is 0.0197. The Bertz CT molecular complexity index is 832. The number of nitrogens with one attached hydrogen (secondary N) is 1. The smallest absolute Gasteiger partial charge is 0.337 e. The van der Waals surface area contributed by atoms with E-state index in [0.29, 0.717) is 5.56 Å². The SMILES string of the molecule is NS(=O)(=O)c1ccc(NC(=O)c2ccccc2)c(C(=O)O)c1. The molecule has 2 aromatic rings. The highest BCUT2D eigenvalue weighted by molar-refractivity contribution is 7.89. The van der Waals surface area contributed by atoms with Gasteiger partial charge in [0.1, 0.15) is 0 Å². The third-order valence-electron chi connectivity index (χ3n) is 2.83. The number of aromatic carboxylic acids is 1. The maximum absolute atomic E-state index is 12.0. The molecule has 2 rings (SSSR count). The van der Waals surface area contributed by atoms with Crippen LogP contribution in [0.3, 0.4) is 0 Å². The molecule has 114 valence electrons. The summed E-state index contributed by atoms with van der Waals surface area (Å²) in [7, 11) is -4.03. The van der Waals surface area contributed by atoms with Gasteiger partial charge in [-0.25, -0.2) is 18.4 Å². The first-order valence-corrected chi connectivity index (χ1v) is 7.60. The van der Waals surface area contributed by atoms with Crippen LogP contribution in [0, 0.1) is 0 Å². The molecule has 2 aromatic carbocycles. The molecule has 4 N–H and O–H groups in total. The summed E-state index contributed by atoms with van der Waals surface area (Å²) in [6.07, 6.45) is 0. The summed E-state index contributed by atoms with van der Waals surface area (Å²) < 4.78 is 22.5. The number of sulfonamides is 1. The van der Waals surface area contributed by atoms with E-state index in [1.807, 2.05) is 0 Å². The largest absolute Gasteiger partial charge is 0.478 e. The molecule has 0 aliphatic heterocycles. The fraction of sp³-hybridized carbons (Fsp3) is 0. The van der Waals surface area contributed by atoms with Crippen LogP contribution in [0.5, 0.6) is 0 Å². The molecular weight excluding hydrogens is 308 g/mol. The zero-order chi connectivity index (χ0) is 16.3. The van der Waals surface area contributed by atoms with Crippen molar-refractivity contribution in [3.63, 3.8) is 0 Å². The van der Waals surface area contributed by atoms with Crippen molar-refractivity contribution in [3.05, 3.63) is 59.7 Å². The van der Waals surface area contributed by atoms with Crippen LogP contribution < -0.4 is 10.5 Å². The van der Waals surface area contributed by atoms with Crippen LogP contribution in [0.25, 0.3) is 0 Å².